The Labute approximate surface area is 70.5 Å². The zero-order valence-electron chi connectivity index (χ0n) is 6.78. The predicted molar refractivity (Wildman–Crippen MR) is 42.7 cm³/mol. The summed E-state index contributed by atoms with van der Waals surface area (Å²) < 4.78 is 10.1. The molecule has 0 fully saturated rings. The maximum Gasteiger partial charge on any atom is 0.181 e. The summed E-state index contributed by atoms with van der Waals surface area (Å²) in [6, 6.07) is 5.52. The molecule has 3 nitrogen and oxygen atoms in total. The van der Waals surface area contributed by atoms with E-state index in [4.69, 9.17) is 9.47 Å². The van der Waals surface area contributed by atoms with Gasteiger partial charge in [-0.25, -0.2) is 0 Å². The van der Waals surface area contributed by atoms with Gasteiger partial charge in [-0.1, -0.05) is 0 Å². The molecule has 3 heteroatoms. The van der Waals surface area contributed by atoms with Crippen LogP contribution in [0.4, 0.5) is 0 Å². The number of hydrogen-bond acceptors (Lipinski definition) is 3. The van der Waals surface area contributed by atoms with Gasteiger partial charge in [-0.05, 0) is 23.8 Å². The summed E-state index contributed by atoms with van der Waals surface area (Å²) in [6.07, 6.45) is -0.758. The van der Waals surface area contributed by atoms with Crippen LogP contribution in [0.2, 0.25) is 0 Å². The van der Waals surface area contributed by atoms with E-state index in [0.717, 1.165) is 16.9 Å². The van der Waals surface area contributed by atoms with Gasteiger partial charge >= 0.3 is 0 Å². The fourth-order valence-corrected chi connectivity index (χ4v) is 1.33. The van der Waals surface area contributed by atoms with Gasteiger partial charge < -0.3 is 14.6 Å². The van der Waals surface area contributed by atoms with Crippen LogP contribution >= 0.6 is 0 Å². The summed E-state index contributed by atoms with van der Waals surface area (Å²) in [4.78, 5) is 0. The summed E-state index contributed by atoms with van der Waals surface area (Å²) in [7, 11) is 1.62. The molecule has 1 heterocycles. The highest BCUT2D eigenvalue weighted by molar-refractivity contribution is 5.37. The topological polar surface area (TPSA) is 38.7 Å². The molecule has 1 aromatic carbocycles. The molecule has 0 bridgehead atoms. The molecule has 0 saturated heterocycles. The van der Waals surface area contributed by atoms with Crippen molar-refractivity contribution < 1.29 is 14.6 Å². The molecule has 0 aliphatic carbocycles. The Balaban J connectivity index is 2.41. The van der Waals surface area contributed by atoms with E-state index >= 15 is 0 Å². The second kappa shape index (κ2) is 2.77. The van der Waals surface area contributed by atoms with Crippen LogP contribution in [-0.4, -0.2) is 12.2 Å². The minimum Gasteiger partial charge on any atom is -0.497 e. The molecule has 1 aromatic rings. The Hall–Kier alpha value is -1.06. The molecule has 0 spiro atoms. The Morgan fingerprint density at radius 3 is 3.17 bits per heavy atom. The van der Waals surface area contributed by atoms with Crippen LogP contribution in [-0.2, 0) is 11.3 Å². The molecule has 0 amide bonds. The third-order valence-corrected chi connectivity index (χ3v) is 2.01. The number of methoxy groups -OCH3 is 1. The molecule has 0 saturated carbocycles. The highest BCUT2D eigenvalue weighted by atomic mass is 16.6. The van der Waals surface area contributed by atoms with Crippen molar-refractivity contribution in [2.45, 2.75) is 12.9 Å². The third kappa shape index (κ3) is 1.07. The van der Waals surface area contributed by atoms with E-state index in [-0.39, 0.29) is 0 Å². The van der Waals surface area contributed by atoms with Gasteiger partial charge in [-0.3, -0.25) is 0 Å². The van der Waals surface area contributed by atoms with E-state index in [9.17, 15) is 5.11 Å². The lowest BCUT2D eigenvalue weighted by Gasteiger charge is -2.03. The van der Waals surface area contributed by atoms with Crippen molar-refractivity contribution in [2.75, 3.05) is 7.11 Å². The van der Waals surface area contributed by atoms with Crippen LogP contribution < -0.4 is 4.74 Å². The Morgan fingerprint density at radius 2 is 2.42 bits per heavy atom. The van der Waals surface area contributed by atoms with Crippen molar-refractivity contribution >= 4 is 0 Å². The van der Waals surface area contributed by atoms with Gasteiger partial charge in [0.05, 0.1) is 13.7 Å². The van der Waals surface area contributed by atoms with Gasteiger partial charge in [0.1, 0.15) is 5.75 Å². The first-order valence-electron chi connectivity index (χ1n) is 3.78. The Bertz CT molecular complexity index is 296. The number of rotatable bonds is 1. The van der Waals surface area contributed by atoms with Crippen molar-refractivity contribution in [1.29, 1.82) is 0 Å². The van der Waals surface area contributed by atoms with Crippen LogP contribution in [0.15, 0.2) is 18.2 Å². The summed E-state index contributed by atoms with van der Waals surface area (Å²) in [5.74, 6) is 0.798. The molecule has 12 heavy (non-hydrogen) atoms. The second-order valence-corrected chi connectivity index (χ2v) is 2.73. The maximum atomic E-state index is 9.28. The molecular weight excluding hydrogens is 156 g/mol. The largest absolute Gasteiger partial charge is 0.497 e. The molecule has 1 N–H and O–H groups in total. The highest BCUT2D eigenvalue weighted by Crippen LogP contribution is 2.30. The number of ether oxygens (including phenoxy) is 2. The molecule has 0 aromatic heterocycles. The van der Waals surface area contributed by atoms with Crippen LogP contribution in [0.25, 0.3) is 0 Å². The molecule has 1 aliphatic rings. The van der Waals surface area contributed by atoms with Crippen LogP contribution in [0.5, 0.6) is 5.75 Å². The van der Waals surface area contributed by atoms with E-state index in [2.05, 4.69) is 0 Å². The predicted octanol–water partition coefficient (Wildman–Crippen LogP) is 1.22. The van der Waals surface area contributed by atoms with Crippen LogP contribution in [0.3, 0.4) is 0 Å². The number of aliphatic hydroxyl groups excluding tert-OH is 1. The van der Waals surface area contributed by atoms with Gasteiger partial charge in [-0.15, -0.1) is 0 Å². The van der Waals surface area contributed by atoms with Crippen molar-refractivity contribution in [3.8, 4) is 5.75 Å². The SMILES string of the molecule is COc1ccc2c(c1)CO[C@H]2O. The van der Waals surface area contributed by atoms with Crippen molar-refractivity contribution in [3.05, 3.63) is 29.3 Å². The minimum atomic E-state index is -0.758. The molecule has 2 rings (SSSR count). The first-order chi connectivity index (χ1) is 5.81. The van der Waals surface area contributed by atoms with Gasteiger partial charge in [-0.2, -0.15) is 0 Å². The summed E-state index contributed by atoms with van der Waals surface area (Å²) in [5.41, 5.74) is 1.85. The normalized spacial score (nSPS) is 20.7. The first kappa shape index (κ1) is 7.58. The summed E-state index contributed by atoms with van der Waals surface area (Å²) in [5, 5.41) is 9.28. The zero-order valence-corrected chi connectivity index (χ0v) is 6.78. The summed E-state index contributed by atoms with van der Waals surface area (Å²) in [6.45, 7) is 0.466. The van der Waals surface area contributed by atoms with Crippen LogP contribution in [0, 0.1) is 0 Å². The van der Waals surface area contributed by atoms with E-state index in [1.807, 2.05) is 18.2 Å². The van der Waals surface area contributed by atoms with Gasteiger partial charge in [0.2, 0.25) is 0 Å². The molecule has 64 valence electrons. The quantitative estimate of drug-likeness (QED) is 0.681. The second-order valence-electron chi connectivity index (χ2n) is 2.73. The Morgan fingerprint density at radius 1 is 1.58 bits per heavy atom. The van der Waals surface area contributed by atoms with Crippen LogP contribution in [0.1, 0.15) is 17.4 Å². The molecule has 1 atom stereocenters. The zero-order chi connectivity index (χ0) is 8.55. The van der Waals surface area contributed by atoms with E-state index in [1.165, 1.54) is 0 Å². The number of benzene rings is 1. The smallest absolute Gasteiger partial charge is 0.181 e. The fraction of sp³-hybridized carbons (Fsp3) is 0.333. The molecule has 0 unspecified atom stereocenters. The highest BCUT2D eigenvalue weighted by Gasteiger charge is 2.20. The minimum absolute atomic E-state index is 0.466. The molecular formula is C9H10O3. The third-order valence-electron chi connectivity index (χ3n) is 2.01. The standard InChI is InChI=1S/C9H10O3/c1-11-7-2-3-8-6(4-7)5-12-9(8)10/h2-4,9-10H,5H2,1H3/t9-/m1/s1. The average molecular weight is 166 g/mol. The summed E-state index contributed by atoms with van der Waals surface area (Å²) >= 11 is 0. The van der Waals surface area contributed by atoms with Gasteiger partial charge in [0, 0.05) is 5.56 Å². The van der Waals surface area contributed by atoms with Crippen molar-refractivity contribution in [2.24, 2.45) is 0 Å². The molecule has 0 radical (unpaired) electrons. The monoisotopic (exact) mass is 166 g/mol. The number of hydrogen-bond donors (Lipinski definition) is 1. The number of aliphatic hydroxyl groups is 1. The van der Waals surface area contributed by atoms with Crippen molar-refractivity contribution in [3.63, 3.8) is 0 Å². The lowest BCUT2D eigenvalue weighted by Crippen LogP contribution is -1.92. The Kier molecular flexibility index (Phi) is 1.75. The lowest BCUT2D eigenvalue weighted by atomic mass is 10.1. The first-order valence-corrected chi connectivity index (χ1v) is 3.78. The van der Waals surface area contributed by atoms with E-state index in [0.29, 0.717) is 6.61 Å². The van der Waals surface area contributed by atoms with Gasteiger partial charge in [0.15, 0.2) is 6.29 Å². The van der Waals surface area contributed by atoms with Gasteiger partial charge in [0.25, 0.3) is 0 Å². The van der Waals surface area contributed by atoms with Crippen molar-refractivity contribution in [1.82, 2.24) is 0 Å². The fourth-order valence-electron chi connectivity index (χ4n) is 1.33. The number of fused-ring (bicyclic) bond motifs is 1. The van der Waals surface area contributed by atoms with E-state index < -0.39 is 6.29 Å². The van der Waals surface area contributed by atoms with E-state index in [1.54, 1.807) is 7.11 Å². The maximum absolute atomic E-state index is 9.28. The molecule has 1 aliphatic heterocycles. The lowest BCUT2D eigenvalue weighted by molar-refractivity contribution is -0.0918. The average Bonchev–Trinajstić information content (AvgIpc) is 2.47.